The highest BCUT2D eigenvalue weighted by Crippen LogP contribution is 2.34. The maximum Gasteiger partial charge on any atom is 0.150 e. The average molecular weight is 221 g/mol. The molecule has 68 valence electrons. The lowest BCUT2D eigenvalue weighted by Gasteiger charge is -1.90. The van der Waals surface area contributed by atoms with Gasteiger partial charge in [-0.25, -0.2) is 9.97 Å². The van der Waals surface area contributed by atoms with Crippen LogP contribution in [0.4, 0.5) is 0 Å². The third-order valence-electron chi connectivity index (χ3n) is 2.11. The number of hydrogen-bond acceptors (Lipinski definition) is 3. The van der Waals surface area contributed by atoms with E-state index in [4.69, 9.17) is 11.6 Å². The normalized spacial score (nSPS) is 11.2. The predicted molar refractivity (Wildman–Crippen MR) is 59.9 cm³/mol. The predicted octanol–water partition coefficient (Wildman–Crippen LogP) is 3.50. The molecule has 0 spiro atoms. The Bertz CT molecular complexity index is 618. The zero-order chi connectivity index (χ0) is 9.54. The molecule has 0 fully saturated rings. The Labute approximate surface area is 89.2 Å². The second-order valence-electron chi connectivity index (χ2n) is 2.94. The Morgan fingerprint density at radius 1 is 1.14 bits per heavy atom. The molecule has 4 heteroatoms. The van der Waals surface area contributed by atoms with Crippen LogP contribution >= 0.6 is 22.9 Å². The van der Waals surface area contributed by atoms with Crippen molar-refractivity contribution >= 4 is 43.2 Å². The van der Waals surface area contributed by atoms with Gasteiger partial charge in [-0.3, -0.25) is 0 Å². The van der Waals surface area contributed by atoms with Crippen molar-refractivity contribution in [1.82, 2.24) is 9.97 Å². The van der Waals surface area contributed by atoms with Gasteiger partial charge < -0.3 is 0 Å². The molecule has 3 aromatic rings. The van der Waals surface area contributed by atoms with Gasteiger partial charge in [-0.1, -0.05) is 29.8 Å². The Morgan fingerprint density at radius 3 is 2.93 bits per heavy atom. The summed E-state index contributed by atoms with van der Waals surface area (Å²) >= 11 is 7.62. The first-order valence-electron chi connectivity index (χ1n) is 4.14. The molecule has 0 aliphatic rings. The first kappa shape index (κ1) is 8.15. The second-order valence-corrected chi connectivity index (χ2v) is 4.35. The molecule has 0 saturated carbocycles. The van der Waals surface area contributed by atoms with Crippen molar-refractivity contribution in [2.24, 2.45) is 0 Å². The second kappa shape index (κ2) is 2.90. The molecular formula is C10H5ClN2S. The smallest absolute Gasteiger partial charge is 0.150 e. The molecule has 14 heavy (non-hydrogen) atoms. The molecule has 0 unspecified atom stereocenters. The summed E-state index contributed by atoms with van der Waals surface area (Å²) in [7, 11) is 0. The van der Waals surface area contributed by atoms with Crippen LogP contribution in [0, 0.1) is 0 Å². The molecule has 0 saturated heterocycles. The molecule has 2 nitrogen and oxygen atoms in total. The van der Waals surface area contributed by atoms with Gasteiger partial charge in [0, 0.05) is 10.1 Å². The number of benzene rings is 1. The minimum Gasteiger partial charge on any atom is -0.235 e. The van der Waals surface area contributed by atoms with E-state index in [1.807, 2.05) is 12.1 Å². The average Bonchev–Trinajstić information content (AvgIpc) is 2.59. The Balaban J connectivity index is 2.63. The Morgan fingerprint density at radius 2 is 2.00 bits per heavy atom. The van der Waals surface area contributed by atoms with Gasteiger partial charge in [0.2, 0.25) is 0 Å². The summed E-state index contributed by atoms with van der Waals surface area (Å²) in [6, 6.07) is 8.14. The third kappa shape index (κ3) is 1.03. The van der Waals surface area contributed by atoms with Gasteiger partial charge in [0.15, 0.2) is 0 Å². The van der Waals surface area contributed by atoms with Crippen molar-refractivity contribution in [2.75, 3.05) is 0 Å². The molecular weight excluding hydrogens is 216 g/mol. The van der Waals surface area contributed by atoms with Crippen molar-refractivity contribution in [3.05, 3.63) is 35.7 Å². The maximum absolute atomic E-state index is 5.99. The van der Waals surface area contributed by atoms with E-state index >= 15 is 0 Å². The maximum atomic E-state index is 5.99. The number of halogens is 1. The van der Waals surface area contributed by atoms with E-state index in [0.29, 0.717) is 5.15 Å². The van der Waals surface area contributed by atoms with E-state index in [1.165, 1.54) is 11.0 Å². The summed E-state index contributed by atoms with van der Waals surface area (Å²) in [5.74, 6) is 0. The summed E-state index contributed by atoms with van der Waals surface area (Å²) in [6.07, 6.45) is 1.50. The van der Waals surface area contributed by atoms with Gasteiger partial charge in [-0.05, 0) is 6.07 Å². The summed E-state index contributed by atoms with van der Waals surface area (Å²) in [4.78, 5) is 8.21. The Kier molecular flexibility index (Phi) is 1.69. The lowest BCUT2D eigenvalue weighted by Crippen LogP contribution is -1.77. The summed E-state index contributed by atoms with van der Waals surface area (Å²) < 4.78 is 2.17. The van der Waals surface area contributed by atoms with E-state index in [9.17, 15) is 0 Å². The minimum absolute atomic E-state index is 0.538. The molecule has 0 aliphatic heterocycles. The van der Waals surface area contributed by atoms with Crippen molar-refractivity contribution in [1.29, 1.82) is 0 Å². The Hall–Kier alpha value is -1.19. The fourth-order valence-electron chi connectivity index (χ4n) is 1.50. The number of fused-ring (bicyclic) bond motifs is 3. The van der Waals surface area contributed by atoms with E-state index in [0.717, 1.165) is 15.6 Å². The van der Waals surface area contributed by atoms with Gasteiger partial charge in [0.1, 0.15) is 11.5 Å². The summed E-state index contributed by atoms with van der Waals surface area (Å²) in [6.45, 7) is 0. The molecule has 0 amide bonds. The number of aromatic nitrogens is 2. The number of hydrogen-bond donors (Lipinski definition) is 0. The highest BCUT2D eigenvalue weighted by atomic mass is 35.5. The zero-order valence-electron chi connectivity index (χ0n) is 7.07. The number of nitrogens with zero attached hydrogens (tertiary/aromatic N) is 2. The molecule has 0 atom stereocenters. The van der Waals surface area contributed by atoms with Crippen LogP contribution in [-0.4, -0.2) is 9.97 Å². The van der Waals surface area contributed by atoms with Crippen molar-refractivity contribution in [2.45, 2.75) is 0 Å². The number of rotatable bonds is 0. The van der Waals surface area contributed by atoms with Crippen LogP contribution in [0.2, 0.25) is 5.15 Å². The van der Waals surface area contributed by atoms with Crippen LogP contribution in [0.3, 0.4) is 0 Å². The van der Waals surface area contributed by atoms with Crippen LogP contribution in [-0.2, 0) is 0 Å². The molecule has 0 bridgehead atoms. The monoisotopic (exact) mass is 220 g/mol. The van der Waals surface area contributed by atoms with Crippen molar-refractivity contribution in [3.8, 4) is 0 Å². The molecule has 3 rings (SSSR count). The van der Waals surface area contributed by atoms with Gasteiger partial charge >= 0.3 is 0 Å². The lowest BCUT2D eigenvalue weighted by molar-refractivity contribution is 1.23. The zero-order valence-corrected chi connectivity index (χ0v) is 8.64. The molecule has 0 N–H and O–H groups in total. The standard InChI is InChI=1S/C10H5ClN2S/c11-10-9-8(12-5-13-10)6-3-1-2-4-7(6)14-9/h1-5H. The lowest BCUT2D eigenvalue weighted by atomic mass is 10.2. The highest BCUT2D eigenvalue weighted by molar-refractivity contribution is 7.26. The van der Waals surface area contributed by atoms with Crippen LogP contribution < -0.4 is 0 Å². The molecule has 1 aromatic carbocycles. The van der Waals surface area contributed by atoms with Gasteiger partial charge in [-0.15, -0.1) is 11.3 Å². The van der Waals surface area contributed by atoms with Gasteiger partial charge in [0.25, 0.3) is 0 Å². The van der Waals surface area contributed by atoms with E-state index in [1.54, 1.807) is 11.3 Å². The molecule has 2 heterocycles. The van der Waals surface area contributed by atoms with E-state index in [-0.39, 0.29) is 0 Å². The van der Waals surface area contributed by atoms with Crippen LogP contribution in [0.5, 0.6) is 0 Å². The fourth-order valence-corrected chi connectivity index (χ4v) is 2.78. The highest BCUT2D eigenvalue weighted by Gasteiger charge is 2.08. The molecule has 0 radical (unpaired) electrons. The minimum atomic E-state index is 0.538. The third-order valence-corrected chi connectivity index (χ3v) is 3.68. The fraction of sp³-hybridized carbons (Fsp3) is 0. The van der Waals surface area contributed by atoms with E-state index in [2.05, 4.69) is 22.1 Å². The summed E-state index contributed by atoms with van der Waals surface area (Å²) in [5, 5.41) is 1.69. The first-order chi connectivity index (χ1) is 6.86. The van der Waals surface area contributed by atoms with Crippen LogP contribution in [0.1, 0.15) is 0 Å². The van der Waals surface area contributed by atoms with Crippen molar-refractivity contribution in [3.63, 3.8) is 0 Å². The SMILES string of the molecule is Clc1ncnc2c1sc1ccccc12. The largest absolute Gasteiger partial charge is 0.235 e. The summed E-state index contributed by atoms with van der Waals surface area (Å²) in [5.41, 5.74) is 0.950. The van der Waals surface area contributed by atoms with Crippen molar-refractivity contribution < 1.29 is 0 Å². The first-order valence-corrected chi connectivity index (χ1v) is 5.33. The quantitative estimate of drug-likeness (QED) is 0.542. The van der Waals surface area contributed by atoms with E-state index < -0.39 is 0 Å². The topological polar surface area (TPSA) is 25.8 Å². The van der Waals surface area contributed by atoms with Crippen LogP contribution in [0.25, 0.3) is 20.3 Å². The van der Waals surface area contributed by atoms with Gasteiger partial charge in [-0.2, -0.15) is 0 Å². The molecule has 0 aliphatic carbocycles. The van der Waals surface area contributed by atoms with Crippen LogP contribution in [0.15, 0.2) is 30.6 Å². The molecule has 2 aromatic heterocycles. The van der Waals surface area contributed by atoms with Gasteiger partial charge in [0.05, 0.1) is 10.2 Å². The number of thiophene rings is 1.